The molecule has 0 atom stereocenters. The molecule has 4 heteroatoms. The van der Waals surface area contributed by atoms with Crippen LogP contribution in [0.5, 0.6) is 0 Å². The quantitative estimate of drug-likeness (QED) is 0.700. The van der Waals surface area contributed by atoms with Crippen molar-refractivity contribution >= 4 is 11.9 Å². The summed E-state index contributed by atoms with van der Waals surface area (Å²) >= 11 is 0. The smallest absolute Gasteiger partial charge is 0.310 e. The summed E-state index contributed by atoms with van der Waals surface area (Å²) in [6.45, 7) is -0.210. The highest BCUT2D eigenvalue weighted by Gasteiger charge is 2.09. The largest absolute Gasteiger partial charge is 0.455 e. The highest BCUT2D eigenvalue weighted by atomic mass is 16.5. The van der Waals surface area contributed by atoms with Gasteiger partial charge in [0.25, 0.3) is 5.91 Å². The van der Waals surface area contributed by atoms with Gasteiger partial charge in [0.2, 0.25) is 0 Å². The Morgan fingerprint density at radius 3 is 2.69 bits per heavy atom. The first-order valence-electron chi connectivity index (χ1n) is 4.91. The summed E-state index contributed by atoms with van der Waals surface area (Å²) in [5, 5.41) is 0. The van der Waals surface area contributed by atoms with Gasteiger partial charge in [-0.25, -0.2) is 0 Å². The van der Waals surface area contributed by atoms with Gasteiger partial charge in [0.05, 0.1) is 6.42 Å². The molecule has 1 aromatic rings. The van der Waals surface area contributed by atoms with Crippen LogP contribution >= 0.6 is 0 Å². The number of rotatable bonds is 4. The standard InChI is InChI=1S/C12H14NO3/c1-13(2)11(14)9-16-12(15)8-10-6-4-3-5-7-10/h3-6H,8-9H2,1-2H3. The van der Waals surface area contributed by atoms with E-state index in [1.807, 2.05) is 12.1 Å². The van der Waals surface area contributed by atoms with Crippen LogP contribution in [0.15, 0.2) is 24.3 Å². The van der Waals surface area contributed by atoms with Crippen molar-refractivity contribution in [2.45, 2.75) is 6.42 Å². The number of likely N-dealkylation sites (N-methyl/N-ethyl adjacent to an activating group) is 1. The lowest BCUT2D eigenvalue weighted by atomic mass is 10.2. The number of benzene rings is 1. The van der Waals surface area contributed by atoms with Crippen LogP contribution in [0.4, 0.5) is 0 Å². The molecule has 0 aliphatic rings. The van der Waals surface area contributed by atoms with Crippen LogP contribution in [0.25, 0.3) is 0 Å². The summed E-state index contributed by atoms with van der Waals surface area (Å²) in [5.74, 6) is -0.650. The molecule has 0 bridgehead atoms. The van der Waals surface area contributed by atoms with Gasteiger partial charge in [-0.05, 0) is 11.6 Å². The van der Waals surface area contributed by atoms with Gasteiger partial charge in [-0.3, -0.25) is 9.59 Å². The molecule has 0 aromatic heterocycles. The van der Waals surface area contributed by atoms with Gasteiger partial charge in [0, 0.05) is 14.1 Å². The molecular weight excluding hydrogens is 206 g/mol. The minimum Gasteiger partial charge on any atom is -0.455 e. The third-order valence-corrected chi connectivity index (χ3v) is 1.96. The Morgan fingerprint density at radius 2 is 2.12 bits per heavy atom. The molecule has 0 N–H and O–H groups in total. The van der Waals surface area contributed by atoms with E-state index < -0.39 is 5.97 Å². The maximum Gasteiger partial charge on any atom is 0.310 e. The molecule has 0 unspecified atom stereocenters. The molecule has 1 radical (unpaired) electrons. The Kier molecular flexibility index (Phi) is 4.51. The zero-order chi connectivity index (χ0) is 12.0. The number of carbonyl (C=O) groups excluding carboxylic acids is 2. The third kappa shape index (κ3) is 4.13. The van der Waals surface area contributed by atoms with Crippen molar-refractivity contribution in [1.29, 1.82) is 0 Å². The van der Waals surface area contributed by atoms with Gasteiger partial charge >= 0.3 is 5.97 Å². The molecular formula is C12H14NO3. The molecule has 0 spiro atoms. The zero-order valence-electron chi connectivity index (χ0n) is 9.40. The predicted octanol–water partition coefficient (Wildman–Crippen LogP) is 0.661. The fourth-order valence-electron chi connectivity index (χ4n) is 1.02. The minimum absolute atomic E-state index is 0.140. The lowest BCUT2D eigenvalue weighted by molar-refractivity contribution is -0.150. The van der Waals surface area contributed by atoms with Crippen molar-refractivity contribution in [2.24, 2.45) is 0 Å². The van der Waals surface area contributed by atoms with Crippen LogP contribution in [-0.2, 0) is 20.7 Å². The average Bonchev–Trinajstić information content (AvgIpc) is 2.27. The van der Waals surface area contributed by atoms with Crippen molar-refractivity contribution < 1.29 is 14.3 Å². The molecule has 1 amide bonds. The maximum absolute atomic E-state index is 11.3. The van der Waals surface area contributed by atoms with Gasteiger partial charge < -0.3 is 9.64 Å². The molecule has 0 fully saturated rings. The van der Waals surface area contributed by atoms with E-state index in [-0.39, 0.29) is 18.9 Å². The Labute approximate surface area is 94.8 Å². The normalized spacial score (nSPS) is 9.62. The van der Waals surface area contributed by atoms with Crippen LogP contribution in [-0.4, -0.2) is 37.5 Å². The van der Waals surface area contributed by atoms with E-state index >= 15 is 0 Å². The highest BCUT2D eigenvalue weighted by Crippen LogP contribution is 1.99. The summed E-state index contributed by atoms with van der Waals surface area (Å²) in [5.41, 5.74) is 0.754. The number of hydrogen-bond donors (Lipinski definition) is 0. The van der Waals surface area contributed by atoms with Crippen LogP contribution in [0.3, 0.4) is 0 Å². The van der Waals surface area contributed by atoms with Crippen molar-refractivity contribution in [3.05, 3.63) is 35.9 Å². The van der Waals surface area contributed by atoms with E-state index in [2.05, 4.69) is 6.07 Å². The summed E-state index contributed by atoms with van der Waals surface area (Å²) in [6.07, 6.45) is 0.140. The Hall–Kier alpha value is -1.84. The lowest BCUT2D eigenvalue weighted by Gasteiger charge is -2.10. The predicted molar refractivity (Wildman–Crippen MR) is 58.6 cm³/mol. The van der Waals surface area contributed by atoms with Crippen LogP contribution in [0.2, 0.25) is 0 Å². The first-order chi connectivity index (χ1) is 7.59. The summed E-state index contributed by atoms with van der Waals surface area (Å²) < 4.78 is 4.82. The molecule has 4 nitrogen and oxygen atoms in total. The van der Waals surface area contributed by atoms with Crippen molar-refractivity contribution in [2.75, 3.05) is 20.7 Å². The minimum atomic E-state index is -0.419. The number of carbonyl (C=O) groups is 2. The van der Waals surface area contributed by atoms with E-state index in [4.69, 9.17) is 4.74 Å². The molecule has 0 aliphatic carbocycles. The second kappa shape index (κ2) is 5.90. The van der Waals surface area contributed by atoms with Crippen LogP contribution in [0, 0.1) is 6.07 Å². The van der Waals surface area contributed by atoms with Gasteiger partial charge in [0.1, 0.15) is 0 Å². The fourth-order valence-corrected chi connectivity index (χ4v) is 1.02. The summed E-state index contributed by atoms with van der Waals surface area (Å²) in [7, 11) is 3.22. The summed E-state index contributed by atoms with van der Waals surface area (Å²) in [4.78, 5) is 23.8. The molecule has 1 rings (SSSR count). The van der Waals surface area contributed by atoms with Crippen molar-refractivity contribution in [3.8, 4) is 0 Å². The highest BCUT2D eigenvalue weighted by molar-refractivity contribution is 5.80. The first kappa shape index (κ1) is 12.2. The number of ether oxygens (including phenoxy) is 1. The van der Waals surface area contributed by atoms with Crippen LogP contribution in [0.1, 0.15) is 5.56 Å². The van der Waals surface area contributed by atoms with Gasteiger partial charge in [-0.1, -0.05) is 24.3 Å². The fraction of sp³-hybridized carbons (Fsp3) is 0.333. The van der Waals surface area contributed by atoms with E-state index in [0.717, 1.165) is 5.56 Å². The Balaban J connectivity index is 2.35. The zero-order valence-corrected chi connectivity index (χ0v) is 9.40. The third-order valence-electron chi connectivity index (χ3n) is 1.96. The number of amides is 1. The van der Waals surface area contributed by atoms with E-state index in [1.54, 1.807) is 26.2 Å². The van der Waals surface area contributed by atoms with Crippen molar-refractivity contribution in [1.82, 2.24) is 4.90 Å². The van der Waals surface area contributed by atoms with Gasteiger partial charge in [0.15, 0.2) is 6.61 Å². The SMILES string of the molecule is CN(C)C(=O)COC(=O)Cc1[c]cccc1. The molecule has 1 aromatic carbocycles. The molecule has 0 saturated carbocycles. The second-order valence-corrected chi connectivity index (χ2v) is 3.51. The monoisotopic (exact) mass is 220 g/mol. The average molecular weight is 220 g/mol. The number of esters is 1. The number of nitrogens with zero attached hydrogens (tertiary/aromatic N) is 1. The Bertz CT molecular complexity index is 360. The maximum atomic E-state index is 11.3. The van der Waals surface area contributed by atoms with E-state index in [1.165, 1.54) is 4.90 Å². The number of hydrogen-bond acceptors (Lipinski definition) is 3. The molecule has 16 heavy (non-hydrogen) atoms. The summed E-state index contributed by atoms with van der Waals surface area (Å²) in [6, 6.07) is 10.1. The lowest BCUT2D eigenvalue weighted by Crippen LogP contribution is -2.27. The second-order valence-electron chi connectivity index (χ2n) is 3.51. The van der Waals surface area contributed by atoms with Crippen molar-refractivity contribution in [3.63, 3.8) is 0 Å². The topological polar surface area (TPSA) is 46.6 Å². The molecule has 0 heterocycles. The molecule has 85 valence electrons. The van der Waals surface area contributed by atoms with E-state index in [9.17, 15) is 9.59 Å². The molecule has 0 saturated heterocycles. The van der Waals surface area contributed by atoms with Gasteiger partial charge in [-0.15, -0.1) is 0 Å². The van der Waals surface area contributed by atoms with Crippen LogP contribution < -0.4 is 0 Å². The van der Waals surface area contributed by atoms with E-state index in [0.29, 0.717) is 0 Å². The molecule has 0 aliphatic heterocycles. The van der Waals surface area contributed by atoms with Gasteiger partial charge in [-0.2, -0.15) is 0 Å². The first-order valence-corrected chi connectivity index (χ1v) is 4.91. The Morgan fingerprint density at radius 1 is 1.38 bits per heavy atom.